The Morgan fingerprint density at radius 1 is 1.60 bits per heavy atom. The SMILES string of the molecule is C#CCCC[C@H](NC(=O)COC)C(N)=O. The molecule has 0 aromatic rings. The summed E-state index contributed by atoms with van der Waals surface area (Å²) in [6, 6.07) is -0.666. The van der Waals surface area contributed by atoms with Crippen LogP contribution in [0.25, 0.3) is 0 Å². The van der Waals surface area contributed by atoms with Gasteiger partial charge in [-0.2, -0.15) is 0 Å². The molecule has 2 amide bonds. The predicted octanol–water partition coefficient (Wildman–Crippen LogP) is -0.594. The lowest BCUT2D eigenvalue weighted by Crippen LogP contribution is -2.45. The van der Waals surface area contributed by atoms with Gasteiger partial charge in [0.25, 0.3) is 0 Å². The van der Waals surface area contributed by atoms with E-state index in [4.69, 9.17) is 12.2 Å². The standard InChI is InChI=1S/C10H16N2O3/c1-3-4-5-6-8(10(11)14)12-9(13)7-15-2/h1,8H,4-7H2,2H3,(H2,11,14)(H,12,13)/t8-/m0/s1. The van der Waals surface area contributed by atoms with Gasteiger partial charge >= 0.3 is 0 Å². The molecule has 0 aromatic carbocycles. The number of hydrogen-bond donors (Lipinski definition) is 2. The molecule has 0 saturated heterocycles. The summed E-state index contributed by atoms with van der Waals surface area (Å²) in [4.78, 5) is 22.1. The van der Waals surface area contributed by atoms with Gasteiger partial charge in [0.15, 0.2) is 0 Å². The van der Waals surface area contributed by atoms with Crippen molar-refractivity contribution in [3.63, 3.8) is 0 Å². The lowest BCUT2D eigenvalue weighted by molar-refractivity contribution is -0.129. The molecule has 0 aromatic heterocycles. The van der Waals surface area contributed by atoms with Crippen LogP contribution in [0.1, 0.15) is 19.3 Å². The first-order valence-corrected chi connectivity index (χ1v) is 4.63. The molecule has 0 spiro atoms. The second-order valence-corrected chi connectivity index (χ2v) is 3.05. The number of carbonyl (C=O) groups excluding carboxylic acids is 2. The molecular weight excluding hydrogens is 196 g/mol. The van der Waals surface area contributed by atoms with E-state index in [0.29, 0.717) is 19.3 Å². The Labute approximate surface area is 89.3 Å². The molecule has 0 unspecified atom stereocenters. The molecule has 0 radical (unpaired) electrons. The minimum Gasteiger partial charge on any atom is -0.375 e. The number of unbranched alkanes of at least 4 members (excludes halogenated alkanes) is 1. The third-order valence-electron chi connectivity index (χ3n) is 1.77. The summed E-state index contributed by atoms with van der Waals surface area (Å²) in [5.41, 5.74) is 5.12. The summed E-state index contributed by atoms with van der Waals surface area (Å²) in [7, 11) is 1.40. The molecule has 0 aliphatic heterocycles. The van der Waals surface area contributed by atoms with Crippen molar-refractivity contribution >= 4 is 11.8 Å². The Morgan fingerprint density at radius 2 is 2.27 bits per heavy atom. The highest BCUT2D eigenvalue weighted by Gasteiger charge is 2.16. The van der Waals surface area contributed by atoms with E-state index in [-0.39, 0.29) is 12.5 Å². The molecule has 5 nitrogen and oxygen atoms in total. The smallest absolute Gasteiger partial charge is 0.246 e. The minimum atomic E-state index is -0.666. The second-order valence-electron chi connectivity index (χ2n) is 3.05. The first-order valence-electron chi connectivity index (χ1n) is 4.63. The van der Waals surface area contributed by atoms with Gasteiger partial charge in [0.1, 0.15) is 12.6 Å². The molecule has 3 N–H and O–H groups in total. The van der Waals surface area contributed by atoms with Crippen LogP contribution < -0.4 is 11.1 Å². The highest BCUT2D eigenvalue weighted by atomic mass is 16.5. The maximum atomic E-state index is 11.1. The number of ether oxygens (including phenoxy) is 1. The Hall–Kier alpha value is -1.54. The van der Waals surface area contributed by atoms with Crippen molar-refractivity contribution < 1.29 is 14.3 Å². The van der Waals surface area contributed by atoms with Gasteiger partial charge in [-0.15, -0.1) is 12.3 Å². The van der Waals surface area contributed by atoms with Gasteiger partial charge in [0, 0.05) is 13.5 Å². The van der Waals surface area contributed by atoms with E-state index in [9.17, 15) is 9.59 Å². The molecule has 84 valence electrons. The van der Waals surface area contributed by atoms with Crippen LogP contribution in [0.15, 0.2) is 0 Å². The van der Waals surface area contributed by atoms with E-state index in [1.807, 2.05) is 0 Å². The van der Waals surface area contributed by atoms with Crippen LogP contribution in [-0.4, -0.2) is 31.6 Å². The fourth-order valence-electron chi connectivity index (χ4n) is 1.06. The molecule has 0 heterocycles. The number of nitrogens with one attached hydrogen (secondary N) is 1. The Bertz CT molecular complexity index is 258. The molecular formula is C10H16N2O3. The molecule has 0 aliphatic carbocycles. The molecule has 0 aliphatic rings. The van der Waals surface area contributed by atoms with Gasteiger partial charge in [-0.05, 0) is 12.8 Å². The lowest BCUT2D eigenvalue weighted by Gasteiger charge is -2.14. The first kappa shape index (κ1) is 13.5. The normalized spacial score (nSPS) is 11.5. The first-order chi connectivity index (χ1) is 7.11. The van der Waals surface area contributed by atoms with E-state index >= 15 is 0 Å². The lowest BCUT2D eigenvalue weighted by atomic mass is 10.1. The monoisotopic (exact) mass is 212 g/mol. The zero-order valence-electron chi connectivity index (χ0n) is 8.79. The van der Waals surface area contributed by atoms with Gasteiger partial charge in [-0.1, -0.05) is 0 Å². The molecule has 0 bridgehead atoms. The zero-order chi connectivity index (χ0) is 11.7. The number of rotatable bonds is 7. The van der Waals surface area contributed by atoms with Crippen molar-refractivity contribution in [1.82, 2.24) is 5.32 Å². The third-order valence-corrected chi connectivity index (χ3v) is 1.77. The fourth-order valence-corrected chi connectivity index (χ4v) is 1.06. The molecule has 0 saturated carbocycles. The highest BCUT2D eigenvalue weighted by molar-refractivity contribution is 5.86. The van der Waals surface area contributed by atoms with Crippen molar-refractivity contribution in [3.05, 3.63) is 0 Å². The van der Waals surface area contributed by atoms with Gasteiger partial charge in [-0.25, -0.2) is 0 Å². The van der Waals surface area contributed by atoms with Crippen molar-refractivity contribution in [2.75, 3.05) is 13.7 Å². The van der Waals surface area contributed by atoms with E-state index in [0.717, 1.165) is 0 Å². The Balaban J connectivity index is 3.99. The Morgan fingerprint density at radius 3 is 2.73 bits per heavy atom. The Kier molecular flexibility index (Phi) is 7.02. The average Bonchev–Trinajstić information content (AvgIpc) is 2.16. The van der Waals surface area contributed by atoms with E-state index < -0.39 is 11.9 Å². The van der Waals surface area contributed by atoms with Crippen LogP contribution in [0.4, 0.5) is 0 Å². The van der Waals surface area contributed by atoms with Gasteiger partial charge in [-0.3, -0.25) is 9.59 Å². The van der Waals surface area contributed by atoms with Gasteiger partial charge < -0.3 is 15.8 Å². The molecule has 15 heavy (non-hydrogen) atoms. The number of methoxy groups -OCH3 is 1. The largest absolute Gasteiger partial charge is 0.375 e. The summed E-state index contributed by atoms with van der Waals surface area (Å²) in [6.45, 7) is -0.0844. The van der Waals surface area contributed by atoms with E-state index in [1.54, 1.807) is 0 Å². The summed E-state index contributed by atoms with van der Waals surface area (Å²) in [5, 5.41) is 2.47. The van der Waals surface area contributed by atoms with Crippen molar-refractivity contribution in [3.8, 4) is 12.3 Å². The molecule has 0 rings (SSSR count). The number of carbonyl (C=O) groups is 2. The number of terminal acetylenes is 1. The average molecular weight is 212 g/mol. The van der Waals surface area contributed by atoms with Crippen LogP contribution >= 0.6 is 0 Å². The van der Waals surface area contributed by atoms with E-state index in [2.05, 4.69) is 16.0 Å². The van der Waals surface area contributed by atoms with Crippen LogP contribution in [0, 0.1) is 12.3 Å². The third kappa shape index (κ3) is 6.52. The maximum Gasteiger partial charge on any atom is 0.246 e. The number of primary amides is 1. The summed E-state index contributed by atoms with van der Waals surface area (Å²) < 4.78 is 4.61. The van der Waals surface area contributed by atoms with Crippen molar-refractivity contribution in [2.24, 2.45) is 5.73 Å². The van der Waals surface area contributed by atoms with Crippen molar-refractivity contribution in [1.29, 1.82) is 0 Å². The maximum absolute atomic E-state index is 11.1. The predicted molar refractivity (Wildman–Crippen MR) is 55.7 cm³/mol. The van der Waals surface area contributed by atoms with Gasteiger partial charge in [0.2, 0.25) is 11.8 Å². The van der Waals surface area contributed by atoms with E-state index in [1.165, 1.54) is 7.11 Å². The van der Waals surface area contributed by atoms with Crippen molar-refractivity contribution in [2.45, 2.75) is 25.3 Å². The van der Waals surface area contributed by atoms with Crippen LogP contribution in [0.3, 0.4) is 0 Å². The quantitative estimate of drug-likeness (QED) is 0.437. The summed E-state index contributed by atoms with van der Waals surface area (Å²) in [5.74, 6) is 1.53. The second kappa shape index (κ2) is 7.83. The van der Waals surface area contributed by atoms with Crippen LogP contribution in [0.2, 0.25) is 0 Å². The molecule has 1 atom stereocenters. The number of nitrogens with two attached hydrogens (primary N) is 1. The zero-order valence-corrected chi connectivity index (χ0v) is 8.79. The van der Waals surface area contributed by atoms with Crippen LogP contribution in [-0.2, 0) is 14.3 Å². The fraction of sp³-hybridized carbons (Fsp3) is 0.600. The topological polar surface area (TPSA) is 81.4 Å². The molecule has 5 heteroatoms. The number of hydrogen-bond acceptors (Lipinski definition) is 3. The summed E-state index contributed by atoms with van der Waals surface area (Å²) in [6.07, 6.45) is 6.73. The minimum absolute atomic E-state index is 0.0844. The van der Waals surface area contributed by atoms with Gasteiger partial charge in [0.05, 0.1) is 0 Å². The van der Waals surface area contributed by atoms with Crippen LogP contribution in [0.5, 0.6) is 0 Å². The highest BCUT2D eigenvalue weighted by Crippen LogP contribution is 1.99. The number of amides is 2. The summed E-state index contributed by atoms with van der Waals surface area (Å²) >= 11 is 0. The molecule has 0 fully saturated rings.